The van der Waals surface area contributed by atoms with Gasteiger partial charge >= 0.3 is 0 Å². The summed E-state index contributed by atoms with van der Waals surface area (Å²) in [5.41, 5.74) is 6.13. The van der Waals surface area contributed by atoms with E-state index in [9.17, 15) is 4.79 Å². The first-order valence-electron chi connectivity index (χ1n) is 7.42. The van der Waals surface area contributed by atoms with E-state index in [2.05, 4.69) is 0 Å². The first kappa shape index (κ1) is 14.8. The number of morpholine rings is 1. The highest BCUT2D eigenvalue weighted by molar-refractivity contribution is 5.77. The number of hydrogen-bond acceptors (Lipinski definition) is 4. The van der Waals surface area contributed by atoms with Crippen LogP contribution in [0.15, 0.2) is 0 Å². The molecule has 1 aliphatic carbocycles. The first-order valence-corrected chi connectivity index (χ1v) is 7.42. The molecule has 0 aromatic heterocycles. The molecule has 2 aliphatic rings. The monoisotopic (exact) mass is 270 g/mol. The molecular weight excluding hydrogens is 244 g/mol. The Hall–Kier alpha value is -0.650. The van der Waals surface area contributed by atoms with Gasteiger partial charge in [0.05, 0.1) is 19.8 Å². The molecule has 2 rings (SSSR count). The Morgan fingerprint density at radius 2 is 1.79 bits per heavy atom. The SMILES string of the molecule is NC1(COCC(=O)N2CCOCC2)CCCCCC1. The quantitative estimate of drug-likeness (QED) is 0.771. The van der Waals surface area contributed by atoms with E-state index in [1.165, 1.54) is 25.7 Å². The lowest BCUT2D eigenvalue weighted by atomic mass is 9.93. The summed E-state index contributed by atoms with van der Waals surface area (Å²) in [6, 6.07) is 0. The third kappa shape index (κ3) is 4.75. The van der Waals surface area contributed by atoms with E-state index in [-0.39, 0.29) is 18.1 Å². The van der Waals surface area contributed by atoms with E-state index in [1.54, 1.807) is 4.90 Å². The molecule has 0 atom stereocenters. The molecule has 1 amide bonds. The second kappa shape index (κ2) is 7.22. The zero-order chi connectivity index (χ0) is 13.6. The highest BCUT2D eigenvalue weighted by Gasteiger charge is 2.27. The van der Waals surface area contributed by atoms with Crippen molar-refractivity contribution in [2.75, 3.05) is 39.5 Å². The molecule has 0 spiro atoms. The molecule has 5 heteroatoms. The first-order chi connectivity index (χ1) is 9.20. The number of nitrogens with two attached hydrogens (primary N) is 1. The Bertz CT molecular complexity index is 282. The fourth-order valence-corrected chi connectivity index (χ4v) is 2.82. The van der Waals surface area contributed by atoms with Crippen molar-refractivity contribution in [2.45, 2.75) is 44.1 Å². The lowest BCUT2D eigenvalue weighted by Gasteiger charge is -2.29. The van der Waals surface area contributed by atoms with Crippen LogP contribution in [0.3, 0.4) is 0 Å². The van der Waals surface area contributed by atoms with Crippen molar-refractivity contribution >= 4 is 5.91 Å². The molecule has 0 aromatic carbocycles. The zero-order valence-corrected chi connectivity index (χ0v) is 11.7. The molecule has 5 nitrogen and oxygen atoms in total. The maximum Gasteiger partial charge on any atom is 0.248 e. The topological polar surface area (TPSA) is 64.8 Å². The van der Waals surface area contributed by atoms with Crippen molar-refractivity contribution in [2.24, 2.45) is 5.73 Å². The predicted molar refractivity (Wildman–Crippen MR) is 72.8 cm³/mol. The molecule has 0 unspecified atom stereocenters. The molecule has 0 bridgehead atoms. The Balaban J connectivity index is 1.68. The van der Waals surface area contributed by atoms with Gasteiger partial charge in [0.15, 0.2) is 0 Å². The third-order valence-electron chi connectivity index (χ3n) is 4.08. The molecule has 19 heavy (non-hydrogen) atoms. The molecular formula is C14H26N2O3. The van der Waals surface area contributed by atoms with E-state index in [1.807, 2.05) is 0 Å². The van der Waals surface area contributed by atoms with Gasteiger partial charge in [-0.25, -0.2) is 0 Å². The minimum absolute atomic E-state index is 0.0560. The summed E-state index contributed by atoms with van der Waals surface area (Å²) in [6.45, 7) is 3.27. The van der Waals surface area contributed by atoms with Gasteiger partial charge in [-0.1, -0.05) is 25.7 Å². The third-order valence-corrected chi connectivity index (χ3v) is 4.08. The molecule has 0 aromatic rings. The van der Waals surface area contributed by atoms with Gasteiger partial charge in [0.1, 0.15) is 6.61 Å². The number of rotatable bonds is 4. The van der Waals surface area contributed by atoms with Gasteiger partial charge < -0.3 is 20.1 Å². The Labute approximate surface area is 115 Å². The second-order valence-electron chi connectivity index (χ2n) is 5.76. The molecule has 1 aliphatic heterocycles. The van der Waals surface area contributed by atoms with Gasteiger partial charge in [-0.2, -0.15) is 0 Å². The molecule has 1 saturated heterocycles. The highest BCUT2D eigenvalue weighted by atomic mass is 16.5. The van der Waals surface area contributed by atoms with E-state index >= 15 is 0 Å². The maximum atomic E-state index is 11.9. The van der Waals surface area contributed by atoms with Crippen LogP contribution >= 0.6 is 0 Å². The van der Waals surface area contributed by atoms with Crippen LogP contribution in [0.1, 0.15) is 38.5 Å². The van der Waals surface area contributed by atoms with Crippen LogP contribution in [0.25, 0.3) is 0 Å². The van der Waals surface area contributed by atoms with Crippen LogP contribution in [0.5, 0.6) is 0 Å². The number of nitrogens with zero attached hydrogens (tertiary/aromatic N) is 1. The van der Waals surface area contributed by atoms with Gasteiger partial charge in [-0.15, -0.1) is 0 Å². The normalized spacial score (nSPS) is 23.9. The van der Waals surface area contributed by atoms with E-state index in [4.69, 9.17) is 15.2 Å². The number of amides is 1. The molecule has 2 fully saturated rings. The lowest BCUT2D eigenvalue weighted by Crippen LogP contribution is -2.46. The van der Waals surface area contributed by atoms with Gasteiger partial charge in [0.25, 0.3) is 0 Å². The van der Waals surface area contributed by atoms with Crippen LogP contribution < -0.4 is 5.73 Å². The van der Waals surface area contributed by atoms with Crippen molar-refractivity contribution in [1.82, 2.24) is 4.90 Å². The number of carbonyl (C=O) groups excluding carboxylic acids is 1. The van der Waals surface area contributed by atoms with Crippen LogP contribution in [0, 0.1) is 0 Å². The second-order valence-corrected chi connectivity index (χ2v) is 5.76. The van der Waals surface area contributed by atoms with Crippen LogP contribution in [-0.2, 0) is 14.3 Å². The van der Waals surface area contributed by atoms with Crippen molar-refractivity contribution in [1.29, 1.82) is 0 Å². The van der Waals surface area contributed by atoms with Crippen molar-refractivity contribution in [3.8, 4) is 0 Å². The Kier molecular flexibility index (Phi) is 5.60. The number of hydrogen-bond donors (Lipinski definition) is 1. The minimum atomic E-state index is -0.220. The Morgan fingerprint density at radius 1 is 1.16 bits per heavy atom. The minimum Gasteiger partial charge on any atom is -0.378 e. The van der Waals surface area contributed by atoms with Gasteiger partial charge in [-0.05, 0) is 12.8 Å². The molecule has 0 radical (unpaired) electrons. The van der Waals surface area contributed by atoms with E-state index < -0.39 is 0 Å². The van der Waals surface area contributed by atoms with E-state index in [0.717, 1.165) is 12.8 Å². The average molecular weight is 270 g/mol. The lowest BCUT2D eigenvalue weighted by molar-refractivity contribution is -0.140. The summed E-state index contributed by atoms with van der Waals surface area (Å²) in [7, 11) is 0. The predicted octanol–water partition coefficient (Wildman–Crippen LogP) is 0.913. The van der Waals surface area contributed by atoms with Crippen LogP contribution in [0.2, 0.25) is 0 Å². The van der Waals surface area contributed by atoms with Crippen LogP contribution in [-0.4, -0.2) is 55.9 Å². The fraction of sp³-hybridized carbons (Fsp3) is 0.929. The highest BCUT2D eigenvalue weighted by Crippen LogP contribution is 2.25. The Morgan fingerprint density at radius 3 is 2.42 bits per heavy atom. The smallest absolute Gasteiger partial charge is 0.248 e. The van der Waals surface area contributed by atoms with Crippen molar-refractivity contribution in [3.63, 3.8) is 0 Å². The molecule has 110 valence electrons. The summed E-state index contributed by atoms with van der Waals surface area (Å²) < 4.78 is 10.8. The van der Waals surface area contributed by atoms with Gasteiger partial charge in [0.2, 0.25) is 5.91 Å². The van der Waals surface area contributed by atoms with Crippen molar-refractivity contribution < 1.29 is 14.3 Å². The summed E-state index contributed by atoms with van der Waals surface area (Å²) in [6.07, 6.45) is 6.92. The molecule has 2 N–H and O–H groups in total. The van der Waals surface area contributed by atoms with Crippen molar-refractivity contribution in [3.05, 3.63) is 0 Å². The standard InChI is InChI=1S/C14H26N2O3/c15-14(5-3-1-2-4-6-14)12-19-11-13(17)16-7-9-18-10-8-16/h1-12,15H2. The summed E-state index contributed by atoms with van der Waals surface area (Å²) in [4.78, 5) is 13.7. The number of ether oxygens (including phenoxy) is 2. The largest absolute Gasteiger partial charge is 0.378 e. The average Bonchev–Trinajstić information content (AvgIpc) is 2.65. The molecule has 1 saturated carbocycles. The van der Waals surface area contributed by atoms with E-state index in [0.29, 0.717) is 32.9 Å². The van der Waals surface area contributed by atoms with Gasteiger partial charge in [-0.3, -0.25) is 4.79 Å². The maximum absolute atomic E-state index is 11.9. The molecule has 1 heterocycles. The zero-order valence-electron chi connectivity index (χ0n) is 11.7. The summed E-state index contributed by atoms with van der Waals surface area (Å²) in [5.74, 6) is 0.0560. The van der Waals surface area contributed by atoms with Gasteiger partial charge in [0, 0.05) is 18.6 Å². The summed E-state index contributed by atoms with van der Waals surface area (Å²) >= 11 is 0. The number of carbonyl (C=O) groups is 1. The summed E-state index contributed by atoms with van der Waals surface area (Å²) in [5, 5.41) is 0. The fourth-order valence-electron chi connectivity index (χ4n) is 2.82. The van der Waals surface area contributed by atoms with Crippen LogP contribution in [0.4, 0.5) is 0 Å².